The number of H-pyrrole nitrogens is 1. The van der Waals surface area contributed by atoms with E-state index >= 15 is 0 Å². The molecule has 0 amide bonds. The van der Waals surface area contributed by atoms with Gasteiger partial charge in [-0.1, -0.05) is 12.1 Å². The molecule has 0 fully saturated rings. The van der Waals surface area contributed by atoms with Gasteiger partial charge in [0.2, 0.25) is 0 Å². The van der Waals surface area contributed by atoms with Crippen molar-refractivity contribution in [3.8, 4) is 5.75 Å². The maximum absolute atomic E-state index is 14.4. The van der Waals surface area contributed by atoms with Crippen molar-refractivity contribution in [2.45, 2.75) is 27.2 Å². The first-order valence-electron chi connectivity index (χ1n) is 10.2. The highest BCUT2D eigenvalue weighted by molar-refractivity contribution is 5.88. The number of hydrogen-bond donors (Lipinski definition) is 2. The minimum Gasteiger partial charge on any atom is -0.497 e. The van der Waals surface area contributed by atoms with Crippen LogP contribution in [0, 0.1) is 26.6 Å². The van der Waals surface area contributed by atoms with Crippen LogP contribution in [-0.2, 0) is 6.42 Å². The summed E-state index contributed by atoms with van der Waals surface area (Å²) in [6, 6.07) is 12.9. The van der Waals surface area contributed by atoms with E-state index in [4.69, 9.17) is 10.5 Å². The van der Waals surface area contributed by atoms with Crippen LogP contribution >= 0.6 is 0 Å². The highest BCUT2D eigenvalue weighted by atomic mass is 19.1. The number of ether oxygens (including phenoxy) is 1. The largest absolute Gasteiger partial charge is 0.497 e. The number of aromatic amines is 1. The number of fused-ring (bicyclic) bond motifs is 1. The van der Waals surface area contributed by atoms with Crippen LogP contribution in [0.3, 0.4) is 0 Å². The fraction of sp³-hybridized carbons (Fsp3) is 0.250. The van der Waals surface area contributed by atoms with Crippen LogP contribution in [0.5, 0.6) is 5.75 Å². The van der Waals surface area contributed by atoms with Crippen LogP contribution in [0.2, 0.25) is 0 Å². The molecular formula is C24H26FN5O. The number of nitrogens with one attached hydrogen (secondary N) is 1. The van der Waals surface area contributed by atoms with Gasteiger partial charge in [-0.2, -0.15) is 0 Å². The predicted molar refractivity (Wildman–Crippen MR) is 123 cm³/mol. The lowest BCUT2D eigenvalue weighted by Gasteiger charge is -2.25. The lowest BCUT2D eigenvalue weighted by molar-refractivity contribution is 0.415. The summed E-state index contributed by atoms with van der Waals surface area (Å²) in [5.41, 5.74) is 10.6. The number of nitrogens with zero attached hydrogens (tertiary/aromatic N) is 3. The molecule has 0 saturated carbocycles. The molecule has 0 aliphatic heterocycles. The molecule has 6 nitrogen and oxygen atoms in total. The molecule has 3 N–H and O–H groups in total. The molecule has 4 aromatic rings. The fourth-order valence-electron chi connectivity index (χ4n) is 4.05. The van der Waals surface area contributed by atoms with E-state index in [-0.39, 0.29) is 5.82 Å². The van der Waals surface area contributed by atoms with Crippen LogP contribution in [0.25, 0.3) is 10.9 Å². The van der Waals surface area contributed by atoms with Gasteiger partial charge < -0.3 is 20.4 Å². The third-order valence-electron chi connectivity index (χ3n) is 5.50. The number of rotatable bonds is 6. The molecule has 0 spiro atoms. The summed E-state index contributed by atoms with van der Waals surface area (Å²) in [6.45, 7) is 6.43. The molecule has 2 aromatic heterocycles. The van der Waals surface area contributed by atoms with E-state index in [1.165, 1.54) is 6.07 Å². The second kappa shape index (κ2) is 8.26. The number of aryl methyl sites for hydroxylation is 3. The van der Waals surface area contributed by atoms with Gasteiger partial charge in [-0.3, -0.25) is 0 Å². The molecule has 0 aliphatic rings. The molecule has 0 radical (unpaired) electrons. The average Bonchev–Trinajstić information content (AvgIpc) is 3.08. The summed E-state index contributed by atoms with van der Waals surface area (Å²) in [6.07, 6.45) is 0.691. The maximum Gasteiger partial charge on any atom is 0.147 e. The summed E-state index contributed by atoms with van der Waals surface area (Å²) in [5.74, 6) is 2.24. The number of methoxy groups -OCH3 is 1. The molecule has 4 rings (SSSR count). The van der Waals surface area contributed by atoms with Crippen LogP contribution in [0.15, 0.2) is 42.5 Å². The zero-order valence-electron chi connectivity index (χ0n) is 18.2. The maximum atomic E-state index is 14.4. The molecule has 0 atom stereocenters. The zero-order valence-corrected chi connectivity index (χ0v) is 18.2. The van der Waals surface area contributed by atoms with Crippen LogP contribution in [0.4, 0.5) is 21.7 Å². The summed E-state index contributed by atoms with van der Waals surface area (Å²) < 4.78 is 19.8. The van der Waals surface area contributed by atoms with Crippen molar-refractivity contribution in [3.05, 3.63) is 70.9 Å². The number of halogens is 1. The Morgan fingerprint density at radius 3 is 2.65 bits per heavy atom. The topological polar surface area (TPSA) is 80.1 Å². The Morgan fingerprint density at radius 2 is 1.90 bits per heavy atom. The van der Waals surface area contributed by atoms with Gasteiger partial charge in [0, 0.05) is 35.4 Å². The molecular weight excluding hydrogens is 393 g/mol. The number of nitrogen functional groups attached to an aromatic ring is 1. The number of benzene rings is 2. The molecule has 7 heteroatoms. The van der Waals surface area contributed by atoms with Crippen molar-refractivity contribution in [3.63, 3.8) is 0 Å². The summed E-state index contributed by atoms with van der Waals surface area (Å²) in [7, 11) is 1.64. The van der Waals surface area contributed by atoms with Crippen molar-refractivity contribution >= 4 is 28.2 Å². The number of hydrogen-bond acceptors (Lipinski definition) is 5. The Kier molecular flexibility index (Phi) is 5.50. The summed E-state index contributed by atoms with van der Waals surface area (Å²) >= 11 is 0. The SMILES string of the molecule is COc1cccc(N(CCc2c(C)[nH]c3c(F)ccc(C)c23)c2cc(N)nc(C)n2)c1. The van der Waals surface area contributed by atoms with Gasteiger partial charge in [-0.25, -0.2) is 14.4 Å². The van der Waals surface area contributed by atoms with Crippen molar-refractivity contribution in [2.24, 2.45) is 0 Å². The van der Waals surface area contributed by atoms with Gasteiger partial charge in [0.1, 0.15) is 29.0 Å². The predicted octanol–water partition coefficient (Wildman–Crippen LogP) is 4.99. The smallest absolute Gasteiger partial charge is 0.147 e. The first kappa shape index (κ1) is 20.7. The minimum atomic E-state index is -0.237. The van der Waals surface area contributed by atoms with Crippen LogP contribution in [0.1, 0.15) is 22.6 Å². The normalized spacial score (nSPS) is 11.1. The van der Waals surface area contributed by atoms with E-state index in [9.17, 15) is 4.39 Å². The Bertz CT molecular complexity index is 1230. The zero-order chi connectivity index (χ0) is 22.1. The number of anilines is 3. The Hall–Kier alpha value is -3.61. The second-order valence-electron chi connectivity index (χ2n) is 7.64. The molecule has 2 aromatic carbocycles. The fourth-order valence-corrected chi connectivity index (χ4v) is 4.05. The third-order valence-corrected chi connectivity index (χ3v) is 5.50. The molecule has 2 heterocycles. The molecule has 0 saturated heterocycles. The molecule has 0 bridgehead atoms. The second-order valence-corrected chi connectivity index (χ2v) is 7.64. The summed E-state index contributed by atoms with van der Waals surface area (Å²) in [4.78, 5) is 14.1. The van der Waals surface area contributed by atoms with Gasteiger partial charge in [-0.15, -0.1) is 0 Å². The first-order chi connectivity index (χ1) is 14.9. The van der Waals surface area contributed by atoms with Crippen molar-refractivity contribution in [1.29, 1.82) is 0 Å². The van der Waals surface area contributed by atoms with Gasteiger partial charge in [0.05, 0.1) is 12.6 Å². The third kappa shape index (κ3) is 4.03. The van der Waals surface area contributed by atoms with Crippen LogP contribution < -0.4 is 15.4 Å². The quantitative estimate of drug-likeness (QED) is 0.460. The molecule has 31 heavy (non-hydrogen) atoms. The minimum absolute atomic E-state index is 0.237. The van der Waals surface area contributed by atoms with Crippen molar-refractivity contribution in [2.75, 3.05) is 24.3 Å². The van der Waals surface area contributed by atoms with Gasteiger partial charge >= 0.3 is 0 Å². The molecule has 0 aliphatic carbocycles. The van der Waals surface area contributed by atoms with Gasteiger partial charge in [-0.05, 0) is 56.5 Å². The van der Waals surface area contributed by atoms with Crippen molar-refractivity contribution in [1.82, 2.24) is 15.0 Å². The monoisotopic (exact) mass is 419 g/mol. The van der Waals surface area contributed by atoms with E-state index in [0.717, 1.165) is 33.6 Å². The lowest BCUT2D eigenvalue weighted by Crippen LogP contribution is -2.22. The number of nitrogens with two attached hydrogens (primary N) is 1. The van der Waals surface area contributed by atoms with E-state index in [2.05, 4.69) is 19.9 Å². The van der Waals surface area contributed by atoms with Crippen LogP contribution in [-0.4, -0.2) is 28.6 Å². The van der Waals surface area contributed by atoms with E-state index in [1.54, 1.807) is 13.2 Å². The standard InChI is InChI=1S/C24H26FN5O/c1-14-8-9-20(25)24-23(14)19(15(2)27-24)10-11-30(17-6-5-7-18(12-17)31-4)22-13-21(26)28-16(3)29-22/h5-9,12-13,27H,10-11H2,1-4H3,(H2,26,28,29). The lowest BCUT2D eigenvalue weighted by atomic mass is 10.0. The Balaban J connectivity index is 1.76. The Labute approximate surface area is 180 Å². The molecule has 0 unspecified atom stereocenters. The average molecular weight is 420 g/mol. The first-order valence-corrected chi connectivity index (χ1v) is 10.2. The highest BCUT2D eigenvalue weighted by Gasteiger charge is 2.18. The highest BCUT2D eigenvalue weighted by Crippen LogP contribution is 2.31. The van der Waals surface area contributed by atoms with E-state index < -0.39 is 0 Å². The van der Waals surface area contributed by atoms with E-state index in [0.29, 0.717) is 35.9 Å². The van der Waals surface area contributed by atoms with Gasteiger partial charge in [0.15, 0.2) is 0 Å². The number of aromatic nitrogens is 3. The van der Waals surface area contributed by atoms with Crippen molar-refractivity contribution < 1.29 is 9.13 Å². The van der Waals surface area contributed by atoms with Gasteiger partial charge in [0.25, 0.3) is 0 Å². The molecule has 160 valence electrons. The summed E-state index contributed by atoms with van der Waals surface area (Å²) in [5, 5.41) is 0.946. The Morgan fingerprint density at radius 1 is 1.10 bits per heavy atom. The van der Waals surface area contributed by atoms with E-state index in [1.807, 2.05) is 51.1 Å².